The highest BCUT2D eigenvalue weighted by Crippen LogP contribution is 2.11. The van der Waals surface area contributed by atoms with Crippen molar-refractivity contribution in [3.8, 4) is 0 Å². The van der Waals surface area contributed by atoms with E-state index in [1.54, 1.807) is 30.3 Å². The molecule has 1 aromatic carbocycles. The highest BCUT2D eigenvalue weighted by atomic mass is 16.2. The molecule has 0 heterocycles. The molecule has 5 heteroatoms. The van der Waals surface area contributed by atoms with Crippen molar-refractivity contribution in [2.45, 2.75) is 13.8 Å². The molecular weight excluding hydrogens is 256 g/mol. The molecule has 106 valence electrons. The van der Waals surface area contributed by atoms with Crippen molar-refractivity contribution in [3.63, 3.8) is 0 Å². The van der Waals surface area contributed by atoms with Crippen molar-refractivity contribution in [1.82, 2.24) is 4.90 Å². The van der Waals surface area contributed by atoms with Crippen molar-refractivity contribution in [2.24, 2.45) is 0 Å². The molecule has 0 aliphatic rings. The lowest BCUT2D eigenvalue weighted by atomic mass is 10.1. The van der Waals surface area contributed by atoms with Crippen molar-refractivity contribution in [3.05, 3.63) is 42.5 Å². The van der Waals surface area contributed by atoms with Crippen LogP contribution in [0.1, 0.15) is 24.2 Å². The molecule has 5 nitrogen and oxygen atoms in total. The number of hydrogen-bond donors (Lipinski definition) is 1. The van der Waals surface area contributed by atoms with Gasteiger partial charge < -0.3 is 10.2 Å². The average Bonchev–Trinajstić information content (AvgIpc) is 2.38. The fraction of sp³-hybridized carbons (Fsp3) is 0.267. The summed E-state index contributed by atoms with van der Waals surface area (Å²) in [4.78, 5) is 35.8. The zero-order valence-corrected chi connectivity index (χ0v) is 11.7. The zero-order chi connectivity index (χ0) is 15.1. The van der Waals surface area contributed by atoms with Crippen LogP contribution >= 0.6 is 0 Å². The van der Waals surface area contributed by atoms with Gasteiger partial charge in [-0.3, -0.25) is 14.4 Å². The third kappa shape index (κ3) is 4.68. The molecule has 2 amide bonds. The second-order valence-electron chi connectivity index (χ2n) is 4.37. The van der Waals surface area contributed by atoms with Crippen LogP contribution in [0, 0.1) is 0 Å². The van der Waals surface area contributed by atoms with Crippen molar-refractivity contribution < 1.29 is 14.4 Å². The Morgan fingerprint density at radius 2 is 2.00 bits per heavy atom. The van der Waals surface area contributed by atoms with Gasteiger partial charge in [-0.1, -0.05) is 18.2 Å². The number of Topliss-reactive ketones (excluding diaryl/α,β-unsaturated/α-hetero) is 1. The number of nitrogens with one attached hydrogen (secondary N) is 1. The Morgan fingerprint density at radius 3 is 2.55 bits per heavy atom. The minimum Gasteiger partial charge on any atom is -0.330 e. The predicted octanol–water partition coefficient (Wildman–Crippen LogP) is 1.86. The van der Waals surface area contributed by atoms with E-state index in [1.165, 1.54) is 18.7 Å². The van der Waals surface area contributed by atoms with Crippen LogP contribution in [-0.4, -0.2) is 35.6 Å². The van der Waals surface area contributed by atoms with Crippen molar-refractivity contribution in [2.75, 3.05) is 18.4 Å². The van der Waals surface area contributed by atoms with Crippen molar-refractivity contribution in [1.29, 1.82) is 0 Å². The number of anilines is 1. The standard InChI is InChI=1S/C15H18N2O3/c1-4-8-17(12(3)19)10-15(20)16-14-7-5-6-13(9-14)11(2)18/h4-7,9H,1,8,10H2,2-3H3,(H,16,20). The molecule has 0 fully saturated rings. The first-order valence-corrected chi connectivity index (χ1v) is 6.21. The third-order valence-electron chi connectivity index (χ3n) is 2.68. The predicted molar refractivity (Wildman–Crippen MR) is 77.5 cm³/mol. The van der Waals surface area contributed by atoms with Crippen LogP contribution in [-0.2, 0) is 9.59 Å². The van der Waals surface area contributed by atoms with Crippen LogP contribution in [0.25, 0.3) is 0 Å². The molecule has 0 radical (unpaired) electrons. The summed E-state index contributed by atoms with van der Waals surface area (Å²) >= 11 is 0. The van der Waals surface area contributed by atoms with Crippen LogP contribution < -0.4 is 5.32 Å². The maximum absolute atomic E-state index is 11.9. The lowest BCUT2D eigenvalue weighted by Crippen LogP contribution is -2.36. The fourth-order valence-electron chi connectivity index (χ4n) is 1.65. The van der Waals surface area contributed by atoms with Gasteiger partial charge in [0, 0.05) is 24.7 Å². The van der Waals surface area contributed by atoms with Gasteiger partial charge in [-0.05, 0) is 19.1 Å². The molecule has 1 aromatic rings. The maximum atomic E-state index is 11.9. The molecule has 0 unspecified atom stereocenters. The molecule has 20 heavy (non-hydrogen) atoms. The fourth-order valence-corrected chi connectivity index (χ4v) is 1.65. The number of ketones is 1. The topological polar surface area (TPSA) is 66.5 Å². The molecule has 0 saturated heterocycles. The molecule has 0 spiro atoms. The highest BCUT2D eigenvalue weighted by Gasteiger charge is 2.12. The summed E-state index contributed by atoms with van der Waals surface area (Å²) in [5.41, 5.74) is 1.06. The minimum absolute atomic E-state index is 0.0499. The molecular formula is C15H18N2O3. The van der Waals surface area contributed by atoms with Gasteiger partial charge in [0.1, 0.15) is 6.54 Å². The second kappa shape index (κ2) is 7.23. The van der Waals surface area contributed by atoms with Crippen molar-refractivity contribution >= 4 is 23.3 Å². The molecule has 1 rings (SSSR count). The summed E-state index contributed by atoms with van der Waals surface area (Å²) in [6, 6.07) is 6.66. The quantitative estimate of drug-likeness (QED) is 0.636. The van der Waals surface area contributed by atoms with E-state index in [4.69, 9.17) is 0 Å². The molecule has 0 aromatic heterocycles. The normalized spacial score (nSPS) is 9.70. The van der Waals surface area contributed by atoms with Gasteiger partial charge in [0.15, 0.2) is 5.78 Å². The van der Waals surface area contributed by atoms with E-state index in [0.717, 1.165) is 0 Å². The second-order valence-corrected chi connectivity index (χ2v) is 4.37. The number of benzene rings is 1. The minimum atomic E-state index is -0.317. The van der Waals surface area contributed by atoms with Gasteiger partial charge in [0.25, 0.3) is 0 Å². The first kappa shape index (κ1) is 15.6. The van der Waals surface area contributed by atoms with Crippen LogP contribution in [0.15, 0.2) is 36.9 Å². The van der Waals surface area contributed by atoms with E-state index in [9.17, 15) is 14.4 Å². The first-order chi connectivity index (χ1) is 9.43. The summed E-state index contributed by atoms with van der Waals surface area (Å²) < 4.78 is 0. The number of amides is 2. The average molecular weight is 274 g/mol. The van der Waals surface area contributed by atoms with E-state index >= 15 is 0 Å². The summed E-state index contributed by atoms with van der Waals surface area (Å²) in [7, 11) is 0. The highest BCUT2D eigenvalue weighted by molar-refractivity contribution is 5.98. The van der Waals surface area contributed by atoms with E-state index in [2.05, 4.69) is 11.9 Å². The monoisotopic (exact) mass is 274 g/mol. The SMILES string of the molecule is C=CCN(CC(=O)Nc1cccc(C(C)=O)c1)C(C)=O. The van der Waals surface area contributed by atoms with E-state index in [0.29, 0.717) is 17.8 Å². The summed E-state index contributed by atoms with van der Waals surface area (Å²) in [6.45, 7) is 6.66. The smallest absolute Gasteiger partial charge is 0.244 e. The Balaban J connectivity index is 2.70. The molecule has 0 aliphatic heterocycles. The Bertz CT molecular complexity index is 538. The van der Waals surface area contributed by atoms with E-state index < -0.39 is 0 Å². The number of carbonyl (C=O) groups is 3. The Morgan fingerprint density at radius 1 is 1.30 bits per heavy atom. The largest absolute Gasteiger partial charge is 0.330 e. The first-order valence-electron chi connectivity index (χ1n) is 6.21. The number of rotatable bonds is 6. The molecule has 0 bridgehead atoms. The molecule has 0 saturated carbocycles. The molecule has 0 aliphatic carbocycles. The van der Waals surface area contributed by atoms with Gasteiger partial charge in [-0.2, -0.15) is 0 Å². The van der Waals surface area contributed by atoms with Crippen LogP contribution in [0.3, 0.4) is 0 Å². The maximum Gasteiger partial charge on any atom is 0.244 e. The van der Waals surface area contributed by atoms with Crippen LogP contribution in [0.2, 0.25) is 0 Å². The number of carbonyl (C=O) groups excluding carboxylic acids is 3. The molecule has 0 atom stereocenters. The third-order valence-corrected chi connectivity index (χ3v) is 2.68. The summed E-state index contributed by atoms with van der Waals surface area (Å²) in [5, 5.41) is 2.66. The lowest BCUT2D eigenvalue weighted by molar-refractivity contribution is -0.132. The lowest BCUT2D eigenvalue weighted by Gasteiger charge is -2.18. The van der Waals surface area contributed by atoms with Gasteiger partial charge in [-0.15, -0.1) is 6.58 Å². The van der Waals surface area contributed by atoms with Gasteiger partial charge >= 0.3 is 0 Å². The number of nitrogens with zero attached hydrogens (tertiary/aromatic N) is 1. The number of hydrogen-bond acceptors (Lipinski definition) is 3. The van der Waals surface area contributed by atoms with E-state index in [1.807, 2.05) is 0 Å². The van der Waals surface area contributed by atoms with Crippen LogP contribution in [0.5, 0.6) is 0 Å². The Labute approximate surface area is 118 Å². The summed E-state index contributed by atoms with van der Waals surface area (Å²) in [6.07, 6.45) is 1.56. The van der Waals surface area contributed by atoms with E-state index in [-0.39, 0.29) is 24.1 Å². The zero-order valence-electron chi connectivity index (χ0n) is 11.7. The molecule has 1 N–H and O–H groups in total. The Hall–Kier alpha value is -2.43. The van der Waals surface area contributed by atoms with Gasteiger partial charge in [-0.25, -0.2) is 0 Å². The van der Waals surface area contributed by atoms with Gasteiger partial charge in [0.2, 0.25) is 11.8 Å². The Kier molecular flexibility index (Phi) is 5.65. The van der Waals surface area contributed by atoms with Gasteiger partial charge in [0.05, 0.1) is 0 Å². The van der Waals surface area contributed by atoms with Crippen LogP contribution in [0.4, 0.5) is 5.69 Å². The summed E-state index contributed by atoms with van der Waals surface area (Å²) in [5.74, 6) is -0.585.